The summed E-state index contributed by atoms with van der Waals surface area (Å²) in [6, 6.07) is -0.0212. The van der Waals surface area contributed by atoms with Crippen molar-refractivity contribution in [1.29, 1.82) is 0 Å². The van der Waals surface area contributed by atoms with Gasteiger partial charge in [0.1, 0.15) is 31.0 Å². The topological polar surface area (TPSA) is 100 Å². The first-order valence-corrected chi connectivity index (χ1v) is 8.79. The zero-order chi connectivity index (χ0) is 15.5. The first kappa shape index (κ1) is 16.6. The predicted octanol–water partition coefficient (Wildman–Crippen LogP) is -3.59. The van der Waals surface area contributed by atoms with Crippen LogP contribution < -0.4 is 11.1 Å². The van der Waals surface area contributed by atoms with Crippen LogP contribution in [0.3, 0.4) is 0 Å². The summed E-state index contributed by atoms with van der Waals surface area (Å²) in [5.74, 6) is 0. The van der Waals surface area contributed by atoms with E-state index in [2.05, 4.69) is 20.9 Å². The van der Waals surface area contributed by atoms with Crippen molar-refractivity contribution in [3.8, 4) is 0 Å². The Balaban J connectivity index is 1.55. The molecule has 128 valence electrons. The Morgan fingerprint density at radius 3 is 2.41 bits per heavy atom. The average molecular weight is 316 g/mol. The molecule has 0 saturated carbocycles. The third-order valence-electron chi connectivity index (χ3n) is 5.56. The molecule has 3 heterocycles. The number of aliphatic hydroxyl groups is 2. The highest BCUT2D eigenvalue weighted by Gasteiger charge is 2.47. The molecule has 7 N–H and O–H groups in total. The molecule has 3 saturated heterocycles. The fourth-order valence-corrected chi connectivity index (χ4v) is 4.29. The monoisotopic (exact) mass is 316 g/mol. The fraction of sp³-hybridized carbons (Fsp3) is 1.00. The summed E-state index contributed by atoms with van der Waals surface area (Å²) in [5.41, 5.74) is 3.94. The lowest BCUT2D eigenvalue weighted by atomic mass is 10.0. The minimum Gasteiger partial charge on any atom is -0.394 e. The summed E-state index contributed by atoms with van der Waals surface area (Å²) in [7, 11) is 0. The maximum absolute atomic E-state index is 10.4. The van der Waals surface area contributed by atoms with Gasteiger partial charge in [-0.1, -0.05) is 0 Å². The Bertz CT molecular complexity index is 344. The highest BCUT2D eigenvalue weighted by molar-refractivity contribution is 4.97. The summed E-state index contributed by atoms with van der Waals surface area (Å²) < 4.78 is 5.76. The van der Waals surface area contributed by atoms with Crippen LogP contribution in [-0.2, 0) is 4.74 Å². The number of piperidine rings is 1. The van der Waals surface area contributed by atoms with Gasteiger partial charge in [0.25, 0.3) is 0 Å². The van der Waals surface area contributed by atoms with Gasteiger partial charge in [-0.15, -0.1) is 0 Å². The van der Waals surface area contributed by atoms with E-state index in [-0.39, 0.29) is 18.8 Å². The molecule has 7 heteroatoms. The van der Waals surface area contributed by atoms with Gasteiger partial charge in [-0.05, 0) is 12.8 Å². The number of hydrogen-bond acceptors (Lipinski definition) is 5. The van der Waals surface area contributed by atoms with Gasteiger partial charge < -0.3 is 26.0 Å². The maximum Gasteiger partial charge on any atom is 0.142 e. The second-order valence-electron chi connectivity index (χ2n) is 6.82. The Kier molecular flexibility index (Phi) is 5.67. The van der Waals surface area contributed by atoms with Crippen molar-refractivity contribution >= 4 is 0 Å². The lowest BCUT2D eigenvalue weighted by Gasteiger charge is -2.42. The molecule has 3 aliphatic heterocycles. The van der Waals surface area contributed by atoms with Crippen molar-refractivity contribution in [2.75, 3.05) is 45.9 Å². The third-order valence-corrected chi connectivity index (χ3v) is 5.56. The van der Waals surface area contributed by atoms with E-state index in [0.29, 0.717) is 12.7 Å². The molecule has 0 spiro atoms. The highest BCUT2D eigenvalue weighted by Crippen LogP contribution is 2.26. The summed E-state index contributed by atoms with van der Waals surface area (Å²) in [4.78, 5) is 4.93. The lowest BCUT2D eigenvalue weighted by molar-refractivity contribution is -0.717. The molecule has 0 aromatic heterocycles. The molecule has 7 nitrogen and oxygen atoms in total. The molecule has 0 aromatic rings. The quantitative estimate of drug-likeness (QED) is 0.430. The van der Waals surface area contributed by atoms with Gasteiger partial charge in [-0.2, -0.15) is 0 Å². The van der Waals surface area contributed by atoms with Crippen molar-refractivity contribution in [2.45, 2.75) is 49.8 Å². The van der Waals surface area contributed by atoms with Crippen molar-refractivity contribution < 1.29 is 26.0 Å². The standard InChI is InChI=1S/C15H30N4O3/c16-9-11-14(15(21)12(10-20)22-11)19-7-5-18(6-8-19)13-3-1-2-4-17-13/h11-15,17,20-21H,1-10,16H2/p+2. The summed E-state index contributed by atoms with van der Waals surface area (Å²) in [6.07, 6.45) is 3.50. The molecule has 0 aliphatic carbocycles. The normalized spacial score (nSPS) is 41.9. The van der Waals surface area contributed by atoms with Crippen LogP contribution in [0.15, 0.2) is 0 Å². The Morgan fingerprint density at radius 1 is 1.09 bits per heavy atom. The first-order valence-electron chi connectivity index (χ1n) is 8.79. The van der Waals surface area contributed by atoms with E-state index in [1.165, 1.54) is 25.8 Å². The Labute approximate surface area is 132 Å². The molecule has 0 radical (unpaired) electrons. The highest BCUT2D eigenvalue weighted by atomic mass is 16.5. The third kappa shape index (κ3) is 3.31. The number of rotatable bonds is 4. The van der Waals surface area contributed by atoms with E-state index < -0.39 is 12.2 Å². The van der Waals surface area contributed by atoms with E-state index in [0.717, 1.165) is 26.2 Å². The van der Waals surface area contributed by atoms with Crippen LogP contribution in [0.5, 0.6) is 0 Å². The van der Waals surface area contributed by atoms with Gasteiger partial charge in [0.2, 0.25) is 0 Å². The van der Waals surface area contributed by atoms with Gasteiger partial charge in [-0.25, -0.2) is 0 Å². The molecule has 5 atom stereocenters. The van der Waals surface area contributed by atoms with Gasteiger partial charge in [0.05, 0.1) is 19.2 Å². The van der Waals surface area contributed by atoms with E-state index in [1.807, 2.05) is 0 Å². The number of hydrogen-bond donors (Lipinski definition) is 4. The SMILES string of the molecule is [NH3+]CC1OC(CO)C(O)C1N1CCN(C2CCCC[NH2+]2)CC1. The second kappa shape index (κ2) is 7.53. The van der Waals surface area contributed by atoms with E-state index >= 15 is 0 Å². The molecule has 0 amide bonds. The van der Waals surface area contributed by atoms with Crippen LogP contribution in [0.25, 0.3) is 0 Å². The number of ether oxygens (including phenoxy) is 1. The fourth-order valence-electron chi connectivity index (χ4n) is 4.29. The maximum atomic E-state index is 10.4. The van der Waals surface area contributed by atoms with Crippen LogP contribution >= 0.6 is 0 Å². The molecule has 0 bridgehead atoms. The first-order chi connectivity index (χ1) is 10.7. The average Bonchev–Trinajstić information content (AvgIpc) is 2.91. The summed E-state index contributed by atoms with van der Waals surface area (Å²) in [5, 5.41) is 22.3. The summed E-state index contributed by atoms with van der Waals surface area (Å²) in [6.45, 7) is 5.80. The molecule has 0 aromatic carbocycles. The number of nitrogens with two attached hydrogens (primary N) is 1. The zero-order valence-corrected chi connectivity index (χ0v) is 13.4. The molecular weight excluding hydrogens is 284 g/mol. The minimum absolute atomic E-state index is 0.0212. The van der Waals surface area contributed by atoms with Crippen LogP contribution in [-0.4, -0.2) is 96.4 Å². The Hall–Kier alpha value is -0.280. The molecule has 5 unspecified atom stereocenters. The van der Waals surface area contributed by atoms with Crippen LogP contribution in [0, 0.1) is 0 Å². The van der Waals surface area contributed by atoms with Gasteiger partial charge in [0, 0.05) is 32.6 Å². The molecule has 22 heavy (non-hydrogen) atoms. The number of nitrogens with zero attached hydrogens (tertiary/aromatic N) is 2. The number of piperazine rings is 1. The second-order valence-corrected chi connectivity index (χ2v) is 6.82. The smallest absolute Gasteiger partial charge is 0.142 e. The van der Waals surface area contributed by atoms with E-state index in [1.54, 1.807) is 0 Å². The molecule has 3 aliphatic rings. The van der Waals surface area contributed by atoms with Crippen LogP contribution in [0.1, 0.15) is 19.3 Å². The predicted molar refractivity (Wildman–Crippen MR) is 80.9 cm³/mol. The van der Waals surface area contributed by atoms with Gasteiger partial charge >= 0.3 is 0 Å². The molecule has 3 rings (SSSR count). The van der Waals surface area contributed by atoms with Crippen molar-refractivity contribution in [3.05, 3.63) is 0 Å². The van der Waals surface area contributed by atoms with E-state index in [9.17, 15) is 10.2 Å². The molecule has 3 fully saturated rings. The lowest BCUT2D eigenvalue weighted by Crippen LogP contribution is -2.95. The summed E-state index contributed by atoms with van der Waals surface area (Å²) >= 11 is 0. The van der Waals surface area contributed by atoms with E-state index in [4.69, 9.17) is 4.74 Å². The number of quaternary nitrogens is 2. The van der Waals surface area contributed by atoms with Crippen molar-refractivity contribution in [1.82, 2.24) is 9.80 Å². The van der Waals surface area contributed by atoms with Crippen LogP contribution in [0.2, 0.25) is 0 Å². The van der Waals surface area contributed by atoms with Crippen LogP contribution in [0.4, 0.5) is 0 Å². The number of aliphatic hydroxyl groups excluding tert-OH is 2. The zero-order valence-electron chi connectivity index (χ0n) is 13.4. The largest absolute Gasteiger partial charge is 0.394 e. The van der Waals surface area contributed by atoms with Crippen molar-refractivity contribution in [3.63, 3.8) is 0 Å². The van der Waals surface area contributed by atoms with Gasteiger partial charge in [-0.3, -0.25) is 9.80 Å². The van der Waals surface area contributed by atoms with Gasteiger partial charge in [0.15, 0.2) is 0 Å². The Morgan fingerprint density at radius 2 is 1.82 bits per heavy atom. The van der Waals surface area contributed by atoms with Crippen molar-refractivity contribution in [2.24, 2.45) is 0 Å². The molecular formula is C15H32N4O3+2. The minimum atomic E-state index is -0.607.